The third-order valence-corrected chi connectivity index (χ3v) is 9.49. The molecule has 0 amide bonds. The number of rotatable bonds is 7. The number of aromatic nitrogens is 5. The number of nitrogens with zero attached hydrogens (tertiary/aromatic N) is 6. The zero-order valence-corrected chi connectivity index (χ0v) is 26.7. The van der Waals surface area contributed by atoms with Gasteiger partial charge in [-0.3, -0.25) is 9.88 Å². The lowest BCUT2D eigenvalue weighted by Crippen LogP contribution is -2.35. The quantitative estimate of drug-likeness (QED) is 0.163. The minimum Gasteiger partial charge on any atom is -0.444 e. The molecule has 3 aromatic heterocycles. The fourth-order valence-corrected chi connectivity index (χ4v) is 6.83. The summed E-state index contributed by atoms with van der Waals surface area (Å²) in [7, 11) is 0. The summed E-state index contributed by atoms with van der Waals surface area (Å²) >= 11 is 5.94. The summed E-state index contributed by atoms with van der Waals surface area (Å²) in [6, 6.07) is 8.47. The predicted molar refractivity (Wildman–Crippen MR) is 164 cm³/mol. The van der Waals surface area contributed by atoms with Crippen LogP contribution in [0, 0.1) is 11.6 Å². The summed E-state index contributed by atoms with van der Waals surface area (Å²) in [4.78, 5) is 14.9. The Labute approximate surface area is 280 Å². The molecule has 0 N–H and O–H groups in total. The van der Waals surface area contributed by atoms with Gasteiger partial charge in [0.2, 0.25) is 5.82 Å². The van der Waals surface area contributed by atoms with E-state index in [0.29, 0.717) is 68.0 Å². The van der Waals surface area contributed by atoms with Gasteiger partial charge >= 0.3 is 12.1 Å². The van der Waals surface area contributed by atoms with E-state index in [9.17, 15) is 22.0 Å². The second-order valence-electron chi connectivity index (χ2n) is 12.5. The van der Waals surface area contributed by atoms with Gasteiger partial charge in [0.1, 0.15) is 23.2 Å². The second kappa shape index (κ2) is 11.9. The Balaban J connectivity index is 1.01. The van der Waals surface area contributed by atoms with Crippen molar-refractivity contribution in [2.75, 3.05) is 19.7 Å². The Bertz CT molecular complexity index is 2060. The van der Waals surface area contributed by atoms with E-state index in [2.05, 4.69) is 24.5 Å². The van der Waals surface area contributed by atoms with Crippen molar-refractivity contribution >= 4 is 22.6 Å². The maximum atomic E-state index is 14.9. The molecule has 2 aromatic carbocycles. The number of piperidine rings is 1. The van der Waals surface area contributed by atoms with Crippen molar-refractivity contribution in [2.45, 2.75) is 63.3 Å². The lowest BCUT2D eigenvalue weighted by molar-refractivity contribution is -0.159. The van der Waals surface area contributed by atoms with Crippen LogP contribution in [0.1, 0.15) is 54.9 Å². The first kappa shape index (κ1) is 31.9. The molecule has 2 atom stereocenters. The van der Waals surface area contributed by atoms with Gasteiger partial charge in [0.05, 0.1) is 42.0 Å². The molecule has 0 aliphatic carbocycles. The second-order valence-corrected chi connectivity index (χ2v) is 13.0. The highest BCUT2D eigenvalue weighted by atomic mass is 35.5. The van der Waals surface area contributed by atoms with Gasteiger partial charge < -0.3 is 23.3 Å². The number of hydrogen-bond acceptors (Lipinski definition) is 9. The highest BCUT2D eigenvalue weighted by molar-refractivity contribution is 6.30. The van der Waals surface area contributed by atoms with Gasteiger partial charge in [-0.05, 0) is 68.6 Å². The van der Waals surface area contributed by atoms with Gasteiger partial charge in [-0.1, -0.05) is 16.8 Å². The summed E-state index contributed by atoms with van der Waals surface area (Å²) in [5.41, 5.74) is 2.15. The molecule has 0 saturated carbocycles. The zero-order chi connectivity index (χ0) is 34.1. The molecule has 3 aliphatic heterocycles. The Morgan fingerprint density at radius 2 is 1.82 bits per heavy atom. The molecular formula is C33H28ClF5N6O4. The van der Waals surface area contributed by atoms with Gasteiger partial charge in [0.15, 0.2) is 11.5 Å². The van der Waals surface area contributed by atoms with Crippen molar-refractivity contribution in [3.63, 3.8) is 0 Å². The van der Waals surface area contributed by atoms with Gasteiger partial charge in [-0.25, -0.2) is 13.8 Å². The molecule has 0 spiro atoms. The molecule has 0 radical (unpaired) electrons. The number of benzene rings is 2. The summed E-state index contributed by atoms with van der Waals surface area (Å²) < 4.78 is 93.2. The number of halogens is 6. The summed E-state index contributed by atoms with van der Waals surface area (Å²) in [5, 5.41) is 3.68. The SMILES string of the molecule is CC1(c2ccc(Cl)cc2F)Oc2cc(F)cc(C3CCN(Cc4nc5cc(-c6noc(C(F)(F)F)n6)ncc5n4CC4CCO4)CC3)c2O1. The molecular weight excluding hydrogens is 675 g/mol. The van der Waals surface area contributed by atoms with E-state index in [1.165, 1.54) is 24.3 Å². The highest BCUT2D eigenvalue weighted by Gasteiger charge is 2.44. The maximum absolute atomic E-state index is 14.9. The molecule has 256 valence electrons. The van der Waals surface area contributed by atoms with Crippen LogP contribution in [-0.4, -0.2) is 55.4 Å². The van der Waals surface area contributed by atoms with E-state index < -0.39 is 29.5 Å². The van der Waals surface area contributed by atoms with Crippen molar-refractivity contribution in [1.82, 2.24) is 29.6 Å². The highest BCUT2D eigenvalue weighted by Crippen LogP contribution is 2.50. The Morgan fingerprint density at radius 3 is 2.51 bits per heavy atom. The minimum absolute atomic E-state index is 0.0115. The van der Waals surface area contributed by atoms with Gasteiger partial charge in [-0.15, -0.1) is 0 Å². The van der Waals surface area contributed by atoms with Crippen LogP contribution < -0.4 is 9.47 Å². The molecule has 2 fully saturated rings. The zero-order valence-electron chi connectivity index (χ0n) is 25.9. The number of hydrogen-bond donors (Lipinski definition) is 0. The van der Waals surface area contributed by atoms with E-state index in [-0.39, 0.29) is 39.9 Å². The molecule has 2 saturated heterocycles. The third-order valence-electron chi connectivity index (χ3n) is 9.25. The molecule has 6 heterocycles. The Kier molecular flexibility index (Phi) is 7.76. The van der Waals surface area contributed by atoms with E-state index >= 15 is 0 Å². The fourth-order valence-electron chi connectivity index (χ4n) is 6.67. The standard InChI is InChI=1S/C33H28ClF5N6O4/c1-32(22-3-2-18(34)10-23(22)36)47-27-12-19(35)11-21(29(27)48-32)17-4-7-44(8-5-17)16-28-41-24-13-25(30-42-31(49-43-30)33(37,38)39)40-14-26(24)45(28)15-20-6-9-46-20/h2-3,10-14,17,20H,4-9,15-16H2,1H3. The number of imidazole rings is 1. The maximum Gasteiger partial charge on any atom is 0.471 e. The number of pyridine rings is 1. The van der Waals surface area contributed by atoms with Gasteiger partial charge in [0, 0.05) is 30.2 Å². The Hall–Kier alpha value is -4.34. The lowest BCUT2D eigenvalue weighted by Gasteiger charge is -2.33. The monoisotopic (exact) mass is 702 g/mol. The van der Waals surface area contributed by atoms with E-state index in [4.69, 9.17) is 30.8 Å². The summed E-state index contributed by atoms with van der Waals surface area (Å²) in [6.07, 6.45) is -0.950. The summed E-state index contributed by atoms with van der Waals surface area (Å²) in [6.45, 7) is 4.62. The number of ether oxygens (including phenoxy) is 3. The van der Waals surface area contributed by atoms with Crippen molar-refractivity contribution in [3.8, 4) is 23.0 Å². The van der Waals surface area contributed by atoms with E-state index in [1.54, 1.807) is 25.3 Å². The number of alkyl halides is 3. The molecule has 8 rings (SSSR count). The van der Waals surface area contributed by atoms with Crippen molar-refractivity contribution < 1.29 is 40.7 Å². The van der Waals surface area contributed by atoms with Crippen molar-refractivity contribution in [2.24, 2.45) is 0 Å². The molecule has 0 bridgehead atoms. The number of fused-ring (bicyclic) bond motifs is 2. The molecule has 3 aliphatic rings. The summed E-state index contributed by atoms with van der Waals surface area (Å²) in [5.74, 6) is -3.00. The molecule has 16 heteroatoms. The van der Waals surface area contributed by atoms with Crippen LogP contribution in [0.15, 0.2) is 47.1 Å². The van der Waals surface area contributed by atoms with Crippen LogP contribution in [-0.2, 0) is 29.8 Å². The molecule has 5 aromatic rings. The van der Waals surface area contributed by atoms with E-state index in [1.807, 2.05) is 4.57 Å². The first-order valence-electron chi connectivity index (χ1n) is 15.7. The number of likely N-dealkylation sites (tertiary alicyclic amines) is 1. The first-order valence-corrected chi connectivity index (χ1v) is 16.1. The predicted octanol–water partition coefficient (Wildman–Crippen LogP) is 7.24. The Morgan fingerprint density at radius 1 is 1.02 bits per heavy atom. The van der Waals surface area contributed by atoms with Crippen LogP contribution in [0.4, 0.5) is 22.0 Å². The third kappa shape index (κ3) is 5.97. The minimum atomic E-state index is -4.77. The normalized spacial score (nSPS) is 21.4. The average molecular weight is 703 g/mol. The van der Waals surface area contributed by atoms with Crippen LogP contribution in [0.3, 0.4) is 0 Å². The van der Waals surface area contributed by atoms with E-state index in [0.717, 1.165) is 12.2 Å². The topological polar surface area (TPSA) is 101 Å². The average Bonchev–Trinajstić information content (AvgIpc) is 3.74. The fraction of sp³-hybridized carbons (Fsp3) is 0.394. The molecule has 2 unspecified atom stereocenters. The lowest BCUT2D eigenvalue weighted by atomic mass is 9.88. The van der Waals surface area contributed by atoms with Crippen LogP contribution in [0.25, 0.3) is 22.6 Å². The van der Waals surface area contributed by atoms with Crippen molar-refractivity contribution in [3.05, 3.63) is 82.1 Å². The first-order chi connectivity index (χ1) is 23.4. The largest absolute Gasteiger partial charge is 0.471 e. The smallest absolute Gasteiger partial charge is 0.444 e. The molecule has 10 nitrogen and oxygen atoms in total. The van der Waals surface area contributed by atoms with Crippen LogP contribution >= 0.6 is 11.6 Å². The van der Waals surface area contributed by atoms with Gasteiger partial charge in [-0.2, -0.15) is 18.2 Å². The molecule has 49 heavy (non-hydrogen) atoms. The van der Waals surface area contributed by atoms with Crippen molar-refractivity contribution in [1.29, 1.82) is 0 Å². The van der Waals surface area contributed by atoms with Crippen LogP contribution in [0.5, 0.6) is 11.5 Å². The van der Waals surface area contributed by atoms with Crippen LogP contribution in [0.2, 0.25) is 5.02 Å². The van der Waals surface area contributed by atoms with Gasteiger partial charge in [0.25, 0.3) is 5.79 Å².